The third kappa shape index (κ3) is 3.40. The molecule has 0 aromatic carbocycles. The second-order valence-electron chi connectivity index (χ2n) is 3.57. The van der Waals surface area contributed by atoms with E-state index in [-0.39, 0.29) is 5.92 Å². The summed E-state index contributed by atoms with van der Waals surface area (Å²) in [6.45, 7) is 3.67. The Morgan fingerprint density at radius 3 is 2.60 bits per heavy atom. The molecule has 0 fully saturated rings. The maximum atomic E-state index is 10.9. The molecule has 0 aliphatic heterocycles. The Morgan fingerprint density at radius 2 is 2.20 bits per heavy atom. The summed E-state index contributed by atoms with van der Waals surface area (Å²) in [7, 11) is 0. The molecule has 0 aliphatic carbocycles. The molecule has 82 valence electrons. The minimum Gasteiger partial charge on any atom is -0.480 e. The predicted octanol–water partition coefficient (Wildman–Crippen LogP) is 2.26. The van der Waals surface area contributed by atoms with Gasteiger partial charge >= 0.3 is 5.97 Å². The maximum Gasteiger partial charge on any atom is 0.326 e. The summed E-state index contributed by atoms with van der Waals surface area (Å²) in [6, 6.07) is 2.68. The van der Waals surface area contributed by atoms with Gasteiger partial charge in [-0.15, -0.1) is 0 Å². The fourth-order valence-electron chi connectivity index (χ4n) is 1.13. The molecule has 15 heavy (non-hydrogen) atoms. The summed E-state index contributed by atoms with van der Waals surface area (Å²) in [5.74, 6) is -0.387. The number of carboxylic acids is 1. The quantitative estimate of drug-likeness (QED) is 0.830. The number of aliphatic carboxylic acids is 1. The topological polar surface area (TPSA) is 62.2 Å². The normalized spacial score (nSPS) is 12.5. The summed E-state index contributed by atoms with van der Waals surface area (Å²) < 4.78 is 0. The highest BCUT2D eigenvalue weighted by Gasteiger charge is 2.21. The molecule has 0 amide bonds. The molecule has 0 saturated carbocycles. The van der Waals surface area contributed by atoms with Gasteiger partial charge in [0, 0.05) is 6.20 Å². The fraction of sp³-hybridized carbons (Fsp3) is 0.400. The van der Waals surface area contributed by atoms with Crippen molar-refractivity contribution in [3.05, 3.63) is 23.4 Å². The lowest BCUT2D eigenvalue weighted by atomic mass is 10.1. The van der Waals surface area contributed by atoms with E-state index in [1.54, 1.807) is 12.1 Å². The van der Waals surface area contributed by atoms with E-state index in [1.807, 2.05) is 13.8 Å². The van der Waals surface area contributed by atoms with E-state index < -0.39 is 12.0 Å². The van der Waals surface area contributed by atoms with E-state index in [0.717, 1.165) is 0 Å². The highest BCUT2D eigenvalue weighted by molar-refractivity contribution is 6.30. The van der Waals surface area contributed by atoms with E-state index in [9.17, 15) is 4.79 Å². The minimum atomic E-state index is -0.887. The van der Waals surface area contributed by atoms with Crippen LogP contribution in [-0.4, -0.2) is 22.1 Å². The molecule has 1 rings (SSSR count). The molecule has 0 aliphatic rings. The van der Waals surface area contributed by atoms with Gasteiger partial charge in [0.2, 0.25) is 0 Å². The van der Waals surface area contributed by atoms with Crippen LogP contribution in [0.5, 0.6) is 0 Å². The van der Waals surface area contributed by atoms with Crippen molar-refractivity contribution in [2.75, 3.05) is 5.32 Å². The summed E-state index contributed by atoms with van der Waals surface area (Å²) >= 11 is 5.67. The Bertz CT molecular complexity index is 338. The second-order valence-corrected chi connectivity index (χ2v) is 4.00. The van der Waals surface area contributed by atoms with Gasteiger partial charge in [-0.25, -0.2) is 9.78 Å². The second kappa shape index (κ2) is 4.98. The number of carboxylic acid groups (broad SMARTS) is 1. The van der Waals surface area contributed by atoms with Crippen molar-refractivity contribution >= 4 is 23.4 Å². The minimum absolute atomic E-state index is 0.0139. The number of aromatic nitrogens is 1. The van der Waals surface area contributed by atoms with Crippen LogP contribution in [0.15, 0.2) is 18.3 Å². The summed E-state index contributed by atoms with van der Waals surface area (Å²) in [4.78, 5) is 14.9. The van der Waals surface area contributed by atoms with Crippen molar-refractivity contribution in [2.45, 2.75) is 19.9 Å². The third-order valence-electron chi connectivity index (χ3n) is 1.96. The zero-order chi connectivity index (χ0) is 11.4. The van der Waals surface area contributed by atoms with Crippen molar-refractivity contribution in [1.29, 1.82) is 0 Å². The van der Waals surface area contributed by atoms with Crippen LogP contribution in [0.4, 0.5) is 5.82 Å². The number of nitrogens with zero attached hydrogens (tertiary/aromatic N) is 1. The molecule has 0 radical (unpaired) electrons. The number of carbonyl (C=O) groups is 1. The van der Waals surface area contributed by atoms with E-state index in [0.29, 0.717) is 10.8 Å². The molecule has 1 aromatic heterocycles. The van der Waals surface area contributed by atoms with Gasteiger partial charge < -0.3 is 10.4 Å². The Morgan fingerprint density at radius 1 is 1.53 bits per heavy atom. The molecule has 0 spiro atoms. The lowest BCUT2D eigenvalue weighted by molar-refractivity contribution is -0.138. The van der Waals surface area contributed by atoms with Gasteiger partial charge in [0.05, 0.1) is 5.02 Å². The molecule has 0 saturated heterocycles. The molecule has 4 nitrogen and oxygen atoms in total. The van der Waals surface area contributed by atoms with Gasteiger partial charge in [-0.05, 0) is 18.1 Å². The van der Waals surface area contributed by atoms with Crippen LogP contribution in [0.3, 0.4) is 0 Å². The van der Waals surface area contributed by atoms with Crippen LogP contribution >= 0.6 is 11.6 Å². The number of anilines is 1. The van der Waals surface area contributed by atoms with Crippen molar-refractivity contribution in [3.63, 3.8) is 0 Å². The van der Waals surface area contributed by atoms with Gasteiger partial charge in [-0.3, -0.25) is 0 Å². The van der Waals surface area contributed by atoms with Gasteiger partial charge in [0.25, 0.3) is 0 Å². The number of hydrogen-bond acceptors (Lipinski definition) is 3. The molecule has 0 unspecified atom stereocenters. The lowest BCUT2D eigenvalue weighted by Gasteiger charge is -2.18. The smallest absolute Gasteiger partial charge is 0.326 e. The van der Waals surface area contributed by atoms with Crippen LogP contribution in [-0.2, 0) is 4.79 Å². The summed E-state index contributed by atoms with van der Waals surface area (Å²) in [6.07, 6.45) is 1.48. The van der Waals surface area contributed by atoms with Gasteiger partial charge in [0.1, 0.15) is 11.9 Å². The predicted molar refractivity (Wildman–Crippen MR) is 59.1 cm³/mol. The van der Waals surface area contributed by atoms with Gasteiger partial charge in [0.15, 0.2) is 0 Å². The average Bonchev–Trinajstić information content (AvgIpc) is 2.15. The first-order chi connectivity index (χ1) is 7.00. The van der Waals surface area contributed by atoms with E-state index in [1.165, 1.54) is 6.20 Å². The van der Waals surface area contributed by atoms with Crippen LogP contribution in [0.2, 0.25) is 5.02 Å². The van der Waals surface area contributed by atoms with Crippen molar-refractivity contribution in [3.8, 4) is 0 Å². The number of halogens is 1. The maximum absolute atomic E-state index is 10.9. The first kappa shape index (κ1) is 11.8. The van der Waals surface area contributed by atoms with Crippen molar-refractivity contribution in [2.24, 2.45) is 5.92 Å². The zero-order valence-corrected chi connectivity index (χ0v) is 9.32. The Balaban J connectivity index is 2.74. The molecule has 2 N–H and O–H groups in total. The van der Waals surface area contributed by atoms with Crippen molar-refractivity contribution in [1.82, 2.24) is 4.98 Å². The van der Waals surface area contributed by atoms with Crippen LogP contribution in [0.25, 0.3) is 0 Å². The molecule has 1 heterocycles. The number of nitrogens with one attached hydrogen (secondary N) is 1. The highest BCUT2D eigenvalue weighted by atomic mass is 35.5. The van der Waals surface area contributed by atoms with Crippen LogP contribution in [0.1, 0.15) is 13.8 Å². The summed E-state index contributed by atoms with van der Waals surface area (Å²) in [5.41, 5.74) is 0. The molecule has 1 atom stereocenters. The molecule has 5 heteroatoms. The van der Waals surface area contributed by atoms with Crippen LogP contribution in [0, 0.1) is 5.92 Å². The largest absolute Gasteiger partial charge is 0.480 e. The number of rotatable bonds is 4. The number of hydrogen-bond donors (Lipinski definition) is 2. The average molecular weight is 229 g/mol. The van der Waals surface area contributed by atoms with E-state index >= 15 is 0 Å². The lowest BCUT2D eigenvalue weighted by Crippen LogP contribution is -2.34. The van der Waals surface area contributed by atoms with E-state index in [2.05, 4.69) is 10.3 Å². The molecule has 1 aromatic rings. The SMILES string of the molecule is CC(C)[C@@H](Nc1ccc(Cl)cn1)C(=O)O. The van der Waals surface area contributed by atoms with Gasteiger partial charge in [-0.2, -0.15) is 0 Å². The third-order valence-corrected chi connectivity index (χ3v) is 2.19. The standard InChI is InChI=1S/C10H13ClN2O2/c1-6(2)9(10(14)15)13-8-4-3-7(11)5-12-8/h3-6,9H,1-2H3,(H,12,13)(H,14,15)/t9-/m1/s1. The molecular weight excluding hydrogens is 216 g/mol. The van der Waals surface area contributed by atoms with Crippen LogP contribution < -0.4 is 5.32 Å². The van der Waals surface area contributed by atoms with Crippen molar-refractivity contribution < 1.29 is 9.90 Å². The number of pyridine rings is 1. The zero-order valence-electron chi connectivity index (χ0n) is 8.57. The summed E-state index contributed by atoms with van der Waals surface area (Å²) in [5, 5.41) is 12.3. The Labute approximate surface area is 93.3 Å². The van der Waals surface area contributed by atoms with Gasteiger partial charge in [-0.1, -0.05) is 25.4 Å². The first-order valence-corrected chi connectivity index (χ1v) is 4.99. The Hall–Kier alpha value is -1.29. The molecular formula is C10H13ClN2O2. The monoisotopic (exact) mass is 228 g/mol. The first-order valence-electron chi connectivity index (χ1n) is 4.61. The highest BCUT2D eigenvalue weighted by Crippen LogP contribution is 2.13. The fourth-order valence-corrected chi connectivity index (χ4v) is 1.25. The molecule has 0 bridgehead atoms. The Kier molecular flexibility index (Phi) is 3.91. The van der Waals surface area contributed by atoms with E-state index in [4.69, 9.17) is 16.7 Å².